The van der Waals surface area contributed by atoms with E-state index in [2.05, 4.69) is 0 Å². The summed E-state index contributed by atoms with van der Waals surface area (Å²) >= 11 is 0. The smallest absolute Gasteiger partial charge is 0.338 e. The molecular formula is C21H21NO3. The number of nitrogens with zero attached hydrogens (tertiary/aromatic N) is 1. The molecule has 0 aliphatic rings. The van der Waals surface area contributed by atoms with Gasteiger partial charge < -0.3 is 9.30 Å². The zero-order chi connectivity index (χ0) is 18.0. The van der Waals surface area contributed by atoms with Gasteiger partial charge in [-0.25, -0.2) is 4.79 Å². The number of pyridine rings is 1. The van der Waals surface area contributed by atoms with Crippen LogP contribution in [0.3, 0.4) is 0 Å². The number of aryl methyl sites for hydroxylation is 2. The summed E-state index contributed by atoms with van der Waals surface area (Å²) in [7, 11) is 0. The predicted octanol–water partition coefficient (Wildman–Crippen LogP) is 3.84. The van der Waals surface area contributed by atoms with Crippen LogP contribution in [0.5, 0.6) is 0 Å². The fourth-order valence-electron chi connectivity index (χ4n) is 3.09. The van der Waals surface area contributed by atoms with Gasteiger partial charge in [-0.15, -0.1) is 0 Å². The number of carbonyl (C=O) groups is 1. The minimum absolute atomic E-state index is 0.0197. The minimum atomic E-state index is -0.331. The van der Waals surface area contributed by atoms with E-state index in [1.165, 1.54) is 0 Å². The Kier molecular flexibility index (Phi) is 4.70. The van der Waals surface area contributed by atoms with E-state index >= 15 is 0 Å². The molecule has 2 aromatic carbocycles. The molecule has 25 heavy (non-hydrogen) atoms. The number of para-hydroxylation sites is 1. The van der Waals surface area contributed by atoms with Crippen LogP contribution in [0.4, 0.5) is 0 Å². The highest BCUT2D eigenvalue weighted by Gasteiger charge is 2.10. The summed E-state index contributed by atoms with van der Waals surface area (Å²) in [5, 5.41) is 1.09. The van der Waals surface area contributed by atoms with Crippen LogP contribution in [-0.2, 0) is 11.3 Å². The van der Waals surface area contributed by atoms with Crippen molar-refractivity contribution < 1.29 is 9.53 Å². The molecular weight excluding hydrogens is 314 g/mol. The number of hydrogen-bond donors (Lipinski definition) is 0. The van der Waals surface area contributed by atoms with Crippen LogP contribution in [0.25, 0.3) is 10.9 Å². The molecule has 4 heteroatoms. The van der Waals surface area contributed by atoms with Crippen molar-refractivity contribution in [1.82, 2.24) is 4.57 Å². The van der Waals surface area contributed by atoms with Crippen LogP contribution in [-0.4, -0.2) is 17.1 Å². The first-order valence-electron chi connectivity index (χ1n) is 8.37. The van der Waals surface area contributed by atoms with Gasteiger partial charge >= 0.3 is 5.97 Å². The summed E-state index contributed by atoms with van der Waals surface area (Å²) in [5.74, 6) is -0.331. The number of rotatable bonds is 4. The molecule has 0 saturated heterocycles. The lowest BCUT2D eigenvalue weighted by atomic mass is 10.1. The third-order valence-electron chi connectivity index (χ3n) is 4.34. The van der Waals surface area contributed by atoms with E-state index in [-0.39, 0.29) is 11.5 Å². The van der Waals surface area contributed by atoms with E-state index in [0.29, 0.717) is 18.7 Å². The summed E-state index contributed by atoms with van der Waals surface area (Å²) in [5.41, 5.74) is 4.47. The molecule has 1 heterocycles. The Morgan fingerprint density at radius 1 is 1.04 bits per heavy atom. The lowest BCUT2D eigenvalue weighted by Gasteiger charge is -2.14. The molecule has 0 radical (unpaired) electrons. The second-order valence-corrected chi connectivity index (χ2v) is 6.14. The van der Waals surface area contributed by atoms with Gasteiger partial charge in [-0.2, -0.15) is 0 Å². The van der Waals surface area contributed by atoms with Gasteiger partial charge in [0.05, 0.1) is 24.2 Å². The van der Waals surface area contributed by atoms with Crippen LogP contribution in [0, 0.1) is 13.8 Å². The fraction of sp³-hybridized carbons (Fsp3) is 0.238. The number of carbonyl (C=O) groups excluding carboxylic acids is 1. The van der Waals surface area contributed by atoms with Crippen molar-refractivity contribution in [2.75, 3.05) is 6.61 Å². The summed E-state index contributed by atoms with van der Waals surface area (Å²) in [6, 6.07) is 14.9. The Labute approximate surface area is 146 Å². The molecule has 0 spiro atoms. The first-order chi connectivity index (χ1) is 12.0. The molecule has 0 aliphatic heterocycles. The quantitative estimate of drug-likeness (QED) is 0.681. The van der Waals surface area contributed by atoms with E-state index < -0.39 is 0 Å². The molecule has 0 atom stereocenters. The monoisotopic (exact) mass is 335 g/mol. The average molecular weight is 335 g/mol. The maximum absolute atomic E-state index is 12.6. The molecule has 1 aromatic heterocycles. The second kappa shape index (κ2) is 6.93. The SMILES string of the molecule is CCOC(=O)c1ccc(Cn2c(=O)cc(C)c3cccc(C)c32)cc1. The summed E-state index contributed by atoms with van der Waals surface area (Å²) in [6.07, 6.45) is 0. The number of aromatic nitrogens is 1. The maximum Gasteiger partial charge on any atom is 0.338 e. The lowest BCUT2D eigenvalue weighted by Crippen LogP contribution is -2.21. The molecule has 4 nitrogen and oxygen atoms in total. The highest BCUT2D eigenvalue weighted by atomic mass is 16.5. The van der Waals surface area contributed by atoms with Gasteiger partial charge in [-0.1, -0.05) is 30.3 Å². The van der Waals surface area contributed by atoms with E-state index in [1.54, 1.807) is 29.7 Å². The highest BCUT2D eigenvalue weighted by Crippen LogP contribution is 2.21. The third-order valence-corrected chi connectivity index (χ3v) is 4.34. The number of esters is 1. The molecule has 0 aliphatic carbocycles. The van der Waals surface area contributed by atoms with Gasteiger partial charge in [-0.05, 0) is 49.6 Å². The Hall–Kier alpha value is -2.88. The Bertz CT molecular complexity index is 984. The van der Waals surface area contributed by atoms with E-state index in [9.17, 15) is 9.59 Å². The molecule has 0 amide bonds. The molecule has 0 saturated carbocycles. The number of fused-ring (bicyclic) bond motifs is 1. The maximum atomic E-state index is 12.6. The van der Waals surface area contributed by atoms with E-state index in [0.717, 1.165) is 27.6 Å². The molecule has 0 unspecified atom stereocenters. The van der Waals surface area contributed by atoms with Crippen molar-refractivity contribution in [2.24, 2.45) is 0 Å². The summed E-state index contributed by atoms with van der Waals surface area (Å²) in [4.78, 5) is 24.3. The van der Waals surface area contributed by atoms with Gasteiger partial charge in [-0.3, -0.25) is 4.79 Å². The zero-order valence-electron chi connectivity index (χ0n) is 14.7. The van der Waals surface area contributed by atoms with Crippen molar-refractivity contribution in [3.8, 4) is 0 Å². The van der Waals surface area contributed by atoms with Crippen LogP contribution < -0.4 is 5.56 Å². The van der Waals surface area contributed by atoms with Crippen LogP contribution in [0.2, 0.25) is 0 Å². The van der Waals surface area contributed by atoms with Crippen molar-refractivity contribution >= 4 is 16.9 Å². The Morgan fingerprint density at radius 2 is 1.76 bits per heavy atom. The highest BCUT2D eigenvalue weighted by molar-refractivity contribution is 5.89. The van der Waals surface area contributed by atoms with Gasteiger partial charge in [0.15, 0.2) is 0 Å². The van der Waals surface area contributed by atoms with Crippen molar-refractivity contribution in [3.63, 3.8) is 0 Å². The summed E-state index contributed by atoms with van der Waals surface area (Å²) in [6.45, 7) is 6.57. The first-order valence-corrected chi connectivity index (χ1v) is 8.37. The molecule has 0 N–H and O–H groups in total. The Morgan fingerprint density at radius 3 is 2.44 bits per heavy atom. The van der Waals surface area contributed by atoms with Crippen molar-refractivity contribution in [1.29, 1.82) is 0 Å². The number of hydrogen-bond acceptors (Lipinski definition) is 3. The van der Waals surface area contributed by atoms with Crippen LogP contribution >= 0.6 is 0 Å². The molecule has 0 fully saturated rings. The largest absolute Gasteiger partial charge is 0.462 e. The van der Waals surface area contributed by atoms with Crippen molar-refractivity contribution in [2.45, 2.75) is 27.3 Å². The second-order valence-electron chi connectivity index (χ2n) is 6.14. The third kappa shape index (κ3) is 3.33. The van der Waals surface area contributed by atoms with Crippen molar-refractivity contribution in [3.05, 3.63) is 81.1 Å². The topological polar surface area (TPSA) is 48.3 Å². The lowest BCUT2D eigenvalue weighted by molar-refractivity contribution is 0.0526. The molecule has 3 aromatic rings. The fourth-order valence-corrected chi connectivity index (χ4v) is 3.09. The van der Waals surface area contributed by atoms with Crippen LogP contribution in [0.1, 0.15) is 34.0 Å². The molecule has 0 bridgehead atoms. The van der Waals surface area contributed by atoms with Gasteiger partial charge in [0, 0.05) is 11.5 Å². The number of ether oxygens (including phenoxy) is 1. The van der Waals surface area contributed by atoms with Gasteiger partial charge in [0.2, 0.25) is 0 Å². The minimum Gasteiger partial charge on any atom is -0.462 e. The average Bonchev–Trinajstić information content (AvgIpc) is 2.59. The molecule has 128 valence electrons. The van der Waals surface area contributed by atoms with Crippen LogP contribution in [0.15, 0.2) is 53.3 Å². The predicted molar refractivity (Wildman–Crippen MR) is 99.2 cm³/mol. The Balaban J connectivity index is 2.01. The number of benzene rings is 2. The van der Waals surface area contributed by atoms with E-state index in [1.807, 2.05) is 44.2 Å². The zero-order valence-corrected chi connectivity index (χ0v) is 14.7. The first kappa shape index (κ1) is 17.0. The summed E-state index contributed by atoms with van der Waals surface area (Å²) < 4.78 is 6.79. The normalized spacial score (nSPS) is 10.8. The van der Waals surface area contributed by atoms with Gasteiger partial charge in [0.1, 0.15) is 0 Å². The standard InChI is InChI=1S/C21H21NO3/c1-4-25-21(24)17-10-8-16(9-11-17)13-22-19(23)12-15(3)18-7-5-6-14(2)20(18)22/h5-12H,4,13H2,1-3H3. The van der Waals surface area contributed by atoms with E-state index in [4.69, 9.17) is 4.74 Å². The van der Waals surface area contributed by atoms with Gasteiger partial charge in [0.25, 0.3) is 5.56 Å². The molecule has 3 rings (SSSR count).